The maximum atomic E-state index is 11.5. The first-order chi connectivity index (χ1) is 13.1. The highest BCUT2D eigenvalue weighted by molar-refractivity contribution is 6.04. The molecule has 1 aromatic rings. The Bertz CT molecular complexity index is 933. The average Bonchev–Trinajstić information content (AvgIpc) is 2.68. The highest BCUT2D eigenvalue weighted by Crippen LogP contribution is 2.21. The predicted octanol–water partition coefficient (Wildman–Crippen LogP) is 3.96. The second-order valence-electron chi connectivity index (χ2n) is 5.93. The van der Waals surface area contributed by atoms with Crippen LogP contribution in [0.3, 0.4) is 0 Å². The van der Waals surface area contributed by atoms with Gasteiger partial charge in [-0.3, -0.25) is 14.9 Å². The molecular weight excluding hydrogens is 344 g/mol. The molecule has 6 nitrogen and oxygen atoms in total. The zero-order valence-electron chi connectivity index (χ0n) is 14.7. The number of methoxy groups -OCH3 is 1. The molecule has 0 bridgehead atoms. The second-order valence-corrected chi connectivity index (χ2v) is 5.93. The van der Waals surface area contributed by atoms with E-state index >= 15 is 0 Å². The predicted molar refractivity (Wildman–Crippen MR) is 102 cm³/mol. The quantitative estimate of drug-likeness (QED) is 0.586. The van der Waals surface area contributed by atoms with Crippen LogP contribution in [0.4, 0.5) is 5.69 Å². The van der Waals surface area contributed by atoms with Crippen LogP contribution in [0.2, 0.25) is 0 Å². The minimum Gasteiger partial charge on any atom is -0.493 e. The van der Waals surface area contributed by atoms with Crippen molar-refractivity contribution in [1.29, 1.82) is 0 Å². The van der Waals surface area contributed by atoms with Gasteiger partial charge in [0.25, 0.3) is 5.69 Å². The molecule has 6 heteroatoms. The summed E-state index contributed by atoms with van der Waals surface area (Å²) in [4.78, 5) is 24.2. The van der Waals surface area contributed by atoms with Gasteiger partial charge in [0.15, 0.2) is 5.76 Å². The third-order valence-electron chi connectivity index (χ3n) is 4.11. The smallest absolute Gasteiger partial charge is 0.274 e. The van der Waals surface area contributed by atoms with E-state index in [1.807, 2.05) is 41.6 Å². The van der Waals surface area contributed by atoms with Gasteiger partial charge in [0.2, 0.25) is 5.78 Å². The molecule has 0 saturated heterocycles. The van der Waals surface area contributed by atoms with Crippen LogP contribution in [-0.4, -0.2) is 22.7 Å². The average molecular weight is 362 g/mol. The Kier molecular flexibility index (Phi) is 5.47. The number of nitro groups is 1. The Hall–Kier alpha value is -3.67. The van der Waals surface area contributed by atoms with Crippen LogP contribution >= 0.6 is 0 Å². The van der Waals surface area contributed by atoms with E-state index in [9.17, 15) is 14.9 Å². The van der Waals surface area contributed by atoms with Gasteiger partial charge in [0.1, 0.15) is 0 Å². The van der Waals surface area contributed by atoms with E-state index in [0.717, 1.165) is 11.1 Å². The molecule has 0 fully saturated rings. The van der Waals surface area contributed by atoms with Gasteiger partial charge in [-0.2, -0.15) is 0 Å². The Morgan fingerprint density at radius 1 is 1.07 bits per heavy atom. The van der Waals surface area contributed by atoms with Crippen LogP contribution in [0.1, 0.15) is 5.56 Å². The zero-order valence-corrected chi connectivity index (χ0v) is 14.7. The molecule has 0 spiro atoms. The molecular formula is C21H18N2O4. The summed E-state index contributed by atoms with van der Waals surface area (Å²) in [7, 11) is 1.47. The molecule has 0 radical (unpaired) electrons. The lowest BCUT2D eigenvalue weighted by Crippen LogP contribution is -2.12. The summed E-state index contributed by atoms with van der Waals surface area (Å²) < 4.78 is 5.04. The maximum absolute atomic E-state index is 11.5. The molecule has 2 aliphatic rings. The van der Waals surface area contributed by atoms with E-state index in [1.165, 1.54) is 19.3 Å². The van der Waals surface area contributed by atoms with Gasteiger partial charge in [0, 0.05) is 24.0 Å². The highest BCUT2D eigenvalue weighted by atomic mass is 16.6. The van der Waals surface area contributed by atoms with Crippen molar-refractivity contribution in [3.63, 3.8) is 0 Å². The van der Waals surface area contributed by atoms with Crippen molar-refractivity contribution in [3.8, 4) is 0 Å². The summed E-state index contributed by atoms with van der Waals surface area (Å²) in [5, 5.41) is 11.1. The van der Waals surface area contributed by atoms with E-state index in [0.29, 0.717) is 17.9 Å². The number of hydrogen-bond acceptors (Lipinski definition) is 5. The Morgan fingerprint density at radius 2 is 1.78 bits per heavy atom. The van der Waals surface area contributed by atoms with E-state index in [2.05, 4.69) is 0 Å². The van der Waals surface area contributed by atoms with Crippen LogP contribution < -0.4 is 0 Å². The molecule has 27 heavy (non-hydrogen) atoms. The number of ketones is 1. The van der Waals surface area contributed by atoms with Crippen molar-refractivity contribution in [2.24, 2.45) is 0 Å². The standard InChI is InChI=1S/C21H18N2O4/c1-27-21-14-17(8-9-20(21)24)7-6-16-10-12-22(13-11-16)15-18-4-2-3-5-19(18)23(25)26/h2-14H,15H2,1H3. The third-order valence-corrected chi connectivity index (χ3v) is 4.11. The Labute approximate surface area is 156 Å². The molecule has 0 amide bonds. The molecule has 0 aromatic heterocycles. The normalized spacial score (nSPS) is 17.3. The summed E-state index contributed by atoms with van der Waals surface area (Å²) >= 11 is 0. The van der Waals surface area contributed by atoms with Crippen molar-refractivity contribution in [2.75, 3.05) is 7.11 Å². The summed E-state index contributed by atoms with van der Waals surface area (Å²) in [6.07, 6.45) is 16.3. The number of rotatable bonds is 5. The molecule has 0 atom stereocenters. The number of hydrogen-bond donors (Lipinski definition) is 0. The van der Waals surface area contributed by atoms with Crippen LogP contribution in [-0.2, 0) is 16.1 Å². The van der Waals surface area contributed by atoms with Crippen molar-refractivity contribution >= 4 is 11.5 Å². The van der Waals surface area contributed by atoms with E-state index in [-0.39, 0.29) is 16.4 Å². The molecule has 0 saturated carbocycles. The Balaban J connectivity index is 1.68. The summed E-state index contributed by atoms with van der Waals surface area (Å²) in [5.74, 6) is 0.165. The van der Waals surface area contributed by atoms with Crippen LogP contribution in [0, 0.1) is 10.1 Å². The number of benzene rings is 1. The van der Waals surface area contributed by atoms with E-state index < -0.39 is 0 Å². The van der Waals surface area contributed by atoms with E-state index in [1.54, 1.807) is 30.4 Å². The van der Waals surface area contributed by atoms with Gasteiger partial charge in [-0.05, 0) is 35.5 Å². The van der Waals surface area contributed by atoms with Gasteiger partial charge in [-0.15, -0.1) is 0 Å². The summed E-state index contributed by atoms with van der Waals surface area (Å²) in [6.45, 7) is 0.420. The SMILES string of the molecule is COC1=CC(=CC=C2C=CN(Cc3ccccc3[N+](=O)[O-])C=C2)C=CC1=O. The first kappa shape index (κ1) is 18.1. The number of nitro benzene ring substituents is 1. The minimum absolute atomic E-state index is 0.115. The molecule has 1 heterocycles. The second kappa shape index (κ2) is 8.14. The molecule has 136 valence electrons. The fourth-order valence-electron chi connectivity index (χ4n) is 2.69. The number of nitrogens with zero attached hydrogens (tertiary/aromatic N) is 2. The van der Waals surface area contributed by atoms with Crippen molar-refractivity contribution in [1.82, 2.24) is 4.90 Å². The molecule has 0 N–H and O–H groups in total. The molecule has 3 rings (SSSR count). The van der Waals surface area contributed by atoms with Gasteiger partial charge in [0.05, 0.1) is 18.6 Å². The van der Waals surface area contributed by atoms with Crippen molar-refractivity contribution in [2.45, 2.75) is 6.54 Å². The first-order valence-corrected chi connectivity index (χ1v) is 8.31. The fourth-order valence-corrected chi connectivity index (χ4v) is 2.69. The van der Waals surface area contributed by atoms with Crippen LogP contribution in [0.25, 0.3) is 0 Å². The van der Waals surface area contributed by atoms with Crippen molar-refractivity contribution in [3.05, 3.63) is 112 Å². The van der Waals surface area contributed by atoms with Crippen LogP contribution in [0.15, 0.2) is 96.1 Å². The molecule has 1 aromatic carbocycles. The third kappa shape index (κ3) is 4.49. The van der Waals surface area contributed by atoms with Gasteiger partial charge < -0.3 is 9.64 Å². The van der Waals surface area contributed by atoms with Gasteiger partial charge in [-0.1, -0.05) is 36.4 Å². The fraction of sp³-hybridized carbons (Fsp3) is 0.0952. The van der Waals surface area contributed by atoms with Gasteiger partial charge >= 0.3 is 0 Å². The first-order valence-electron chi connectivity index (χ1n) is 8.31. The molecule has 0 unspecified atom stereocenters. The lowest BCUT2D eigenvalue weighted by molar-refractivity contribution is -0.385. The lowest BCUT2D eigenvalue weighted by atomic mass is 10.1. The number of allylic oxidation sites excluding steroid dienone is 9. The highest BCUT2D eigenvalue weighted by Gasteiger charge is 2.14. The number of carbonyl (C=O) groups is 1. The molecule has 1 aliphatic heterocycles. The van der Waals surface area contributed by atoms with Crippen LogP contribution in [0.5, 0.6) is 0 Å². The summed E-state index contributed by atoms with van der Waals surface area (Å²) in [5.41, 5.74) is 2.60. The summed E-state index contributed by atoms with van der Waals surface area (Å²) in [6, 6.07) is 6.72. The largest absolute Gasteiger partial charge is 0.493 e. The number of carbonyl (C=O) groups excluding carboxylic acids is 1. The minimum atomic E-state index is -0.367. The topological polar surface area (TPSA) is 72.7 Å². The van der Waals surface area contributed by atoms with Gasteiger partial charge in [-0.25, -0.2) is 0 Å². The molecule has 1 aliphatic carbocycles. The Morgan fingerprint density at radius 3 is 2.48 bits per heavy atom. The monoisotopic (exact) mass is 362 g/mol. The number of ether oxygens (including phenoxy) is 1. The van der Waals surface area contributed by atoms with Crippen molar-refractivity contribution < 1.29 is 14.5 Å². The lowest BCUT2D eigenvalue weighted by Gasteiger charge is -2.18. The zero-order chi connectivity index (χ0) is 19.2. The maximum Gasteiger partial charge on any atom is 0.274 e. The number of para-hydroxylation sites is 1. The van der Waals surface area contributed by atoms with E-state index in [4.69, 9.17) is 4.74 Å².